The van der Waals surface area contributed by atoms with Crippen LogP contribution in [-0.4, -0.2) is 57.9 Å². The summed E-state index contributed by atoms with van der Waals surface area (Å²) < 4.78 is 66.1. The Morgan fingerprint density at radius 1 is 0.533 bits per heavy atom. The molecule has 0 aliphatic heterocycles. The standard InChI is InChI=1S/C14H10N2O12S2/c15-5-1-4(13(29(23,24)25)14(6(5)16)30(26,27)28)8(18)3-2(7(1)17)9(19)11(21)12(22)10(3)20/h19-22H,15-16H2,(H,23,24,25)(H,26,27,28). The maximum Gasteiger partial charge on any atom is 0.298 e. The molecule has 0 heterocycles. The van der Waals surface area contributed by atoms with E-state index in [4.69, 9.17) is 11.5 Å². The Bertz CT molecular complexity index is 1420. The van der Waals surface area contributed by atoms with Gasteiger partial charge in [-0.05, 0) is 0 Å². The van der Waals surface area contributed by atoms with Gasteiger partial charge in [-0.15, -0.1) is 0 Å². The molecule has 2 aromatic rings. The van der Waals surface area contributed by atoms with E-state index >= 15 is 0 Å². The Hall–Kier alpha value is -3.60. The number of nitrogens with two attached hydrogens (primary N) is 2. The number of ketones is 2. The number of rotatable bonds is 2. The molecule has 2 aromatic carbocycles. The summed E-state index contributed by atoms with van der Waals surface area (Å²) in [6, 6.07) is 0. The van der Waals surface area contributed by atoms with Gasteiger partial charge in [-0.25, -0.2) is 0 Å². The molecule has 0 unspecified atom stereocenters. The summed E-state index contributed by atoms with van der Waals surface area (Å²) in [6.45, 7) is 0. The van der Waals surface area contributed by atoms with Crippen molar-refractivity contribution in [2.75, 3.05) is 11.5 Å². The highest BCUT2D eigenvalue weighted by Crippen LogP contribution is 2.52. The zero-order valence-corrected chi connectivity index (χ0v) is 15.7. The van der Waals surface area contributed by atoms with E-state index in [9.17, 15) is 56.0 Å². The van der Waals surface area contributed by atoms with Crippen molar-refractivity contribution in [1.29, 1.82) is 0 Å². The Morgan fingerprint density at radius 2 is 0.900 bits per heavy atom. The first-order valence-corrected chi connectivity index (χ1v) is 10.2. The van der Waals surface area contributed by atoms with E-state index in [1.807, 2.05) is 0 Å². The van der Waals surface area contributed by atoms with Crippen molar-refractivity contribution >= 4 is 43.2 Å². The summed E-state index contributed by atoms with van der Waals surface area (Å²) in [5.74, 6) is -9.00. The zero-order valence-electron chi connectivity index (χ0n) is 14.1. The van der Waals surface area contributed by atoms with Crippen LogP contribution in [0.1, 0.15) is 31.8 Å². The van der Waals surface area contributed by atoms with E-state index in [1.54, 1.807) is 0 Å². The lowest BCUT2D eigenvalue weighted by Gasteiger charge is -2.25. The topological polar surface area (TPSA) is 276 Å². The number of nitrogen functional groups attached to an aromatic ring is 2. The van der Waals surface area contributed by atoms with Crippen LogP contribution in [0.3, 0.4) is 0 Å². The van der Waals surface area contributed by atoms with Gasteiger partial charge in [-0.3, -0.25) is 18.7 Å². The molecule has 160 valence electrons. The van der Waals surface area contributed by atoms with Crippen molar-refractivity contribution in [3.05, 3.63) is 22.3 Å². The molecule has 0 radical (unpaired) electrons. The highest BCUT2D eigenvalue weighted by atomic mass is 32.2. The minimum Gasteiger partial charge on any atom is -0.504 e. The largest absolute Gasteiger partial charge is 0.504 e. The number of benzene rings is 2. The summed E-state index contributed by atoms with van der Waals surface area (Å²) in [7, 11) is -11.3. The average Bonchev–Trinajstić information content (AvgIpc) is 2.60. The van der Waals surface area contributed by atoms with Gasteiger partial charge in [0.1, 0.15) is 9.79 Å². The van der Waals surface area contributed by atoms with Crippen LogP contribution in [0.25, 0.3) is 0 Å². The Morgan fingerprint density at radius 3 is 1.27 bits per heavy atom. The van der Waals surface area contributed by atoms with Crippen LogP contribution in [0.4, 0.5) is 11.4 Å². The number of hydrogen-bond donors (Lipinski definition) is 8. The second-order valence-electron chi connectivity index (χ2n) is 5.99. The third-order valence-corrected chi connectivity index (χ3v) is 6.30. The van der Waals surface area contributed by atoms with Gasteiger partial charge in [0, 0.05) is 0 Å². The monoisotopic (exact) mass is 462 g/mol. The van der Waals surface area contributed by atoms with Crippen LogP contribution in [0.2, 0.25) is 0 Å². The number of phenols is 4. The Kier molecular flexibility index (Phi) is 4.19. The number of anilines is 2. The molecule has 0 bridgehead atoms. The van der Waals surface area contributed by atoms with Gasteiger partial charge >= 0.3 is 0 Å². The summed E-state index contributed by atoms with van der Waals surface area (Å²) in [5.41, 5.74) is 3.89. The molecule has 0 aromatic heterocycles. The normalized spacial score (nSPS) is 13.8. The van der Waals surface area contributed by atoms with Crippen LogP contribution < -0.4 is 11.5 Å². The number of carbonyl (C=O) groups excluding carboxylic acids is 2. The molecule has 0 saturated heterocycles. The van der Waals surface area contributed by atoms with Crippen LogP contribution in [0, 0.1) is 0 Å². The number of fused-ring (bicyclic) bond motifs is 2. The molecule has 1 aliphatic rings. The molecule has 1 aliphatic carbocycles. The predicted molar refractivity (Wildman–Crippen MR) is 94.9 cm³/mol. The van der Waals surface area contributed by atoms with Crippen LogP contribution in [-0.2, 0) is 20.2 Å². The first kappa shape index (κ1) is 21.1. The fourth-order valence-corrected chi connectivity index (χ4v) is 5.24. The fraction of sp³-hybridized carbons (Fsp3) is 0. The first-order chi connectivity index (χ1) is 13.5. The van der Waals surface area contributed by atoms with Gasteiger partial charge in [-0.2, -0.15) is 16.8 Å². The lowest BCUT2D eigenvalue weighted by molar-refractivity contribution is 0.0970. The van der Waals surface area contributed by atoms with Gasteiger partial charge < -0.3 is 31.9 Å². The molecule has 3 rings (SSSR count). The van der Waals surface area contributed by atoms with Crippen molar-refractivity contribution < 1.29 is 56.0 Å². The van der Waals surface area contributed by atoms with Crippen molar-refractivity contribution in [3.63, 3.8) is 0 Å². The summed E-state index contributed by atoms with van der Waals surface area (Å²) in [4.78, 5) is 22.3. The Balaban J connectivity index is 2.70. The van der Waals surface area contributed by atoms with Gasteiger partial charge in [0.2, 0.25) is 17.3 Å². The molecular weight excluding hydrogens is 452 g/mol. The summed E-state index contributed by atoms with van der Waals surface area (Å²) >= 11 is 0. The number of hydrogen-bond acceptors (Lipinski definition) is 12. The minimum atomic E-state index is -5.70. The molecule has 14 nitrogen and oxygen atoms in total. The summed E-state index contributed by atoms with van der Waals surface area (Å²) in [6.07, 6.45) is 0. The minimum absolute atomic E-state index is 1.03. The molecule has 0 fully saturated rings. The second-order valence-corrected chi connectivity index (χ2v) is 8.71. The lowest BCUT2D eigenvalue weighted by Crippen LogP contribution is -2.28. The molecule has 0 saturated carbocycles. The van der Waals surface area contributed by atoms with E-state index in [0.717, 1.165) is 0 Å². The molecule has 0 amide bonds. The van der Waals surface area contributed by atoms with Gasteiger partial charge in [0.05, 0.1) is 33.6 Å². The van der Waals surface area contributed by atoms with Crippen LogP contribution >= 0.6 is 0 Å². The SMILES string of the molecule is Nc1c(N)c(S(=O)(=O)O)c(S(=O)(=O)O)c2c1C(=O)c1c(O)c(O)c(O)c(O)c1C2=O. The van der Waals surface area contributed by atoms with E-state index < -0.39 is 98.2 Å². The van der Waals surface area contributed by atoms with Gasteiger partial charge in [-0.1, -0.05) is 0 Å². The molecule has 0 spiro atoms. The predicted octanol–water partition coefficient (Wildman–Crippen LogP) is -1.06. The van der Waals surface area contributed by atoms with Gasteiger partial charge in [0.25, 0.3) is 20.2 Å². The fourth-order valence-electron chi connectivity index (χ4n) is 3.09. The van der Waals surface area contributed by atoms with E-state index in [1.165, 1.54) is 0 Å². The third-order valence-electron chi connectivity index (χ3n) is 4.31. The van der Waals surface area contributed by atoms with Crippen molar-refractivity contribution in [1.82, 2.24) is 0 Å². The van der Waals surface area contributed by atoms with Gasteiger partial charge in [0.15, 0.2) is 17.3 Å². The third kappa shape index (κ3) is 2.55. The highest BCUT2D eigenvalue weighted by Gasteiger charge is 2.45. The van der Waals surface area contributed by atoms with E-state index in [-0.39, 0.29) is 0 Å². The number of aromatic hydroxyl groups is 4. The quantitative estimate of drug-likeness (QED) is 0.0975. The van der Waals surface area contributed by atoms with Crippen molar-refractivity contribution in [2.24, 2.45) is 0 Å². The second kappa shape index (κ2) is 5.95. The maximum absolute atomic E-state index is 12.9. The average molecular weight is 462 g/mol. The van der Waals surface area contributed by atoms with E-state index in [0.29, 0.717) is 0 Å². The number of phenolic OH excluding ortho intramolecular Hbond substituents is 4. The lowest BCUT2D eigenvalue weighted by atomic mass is 9.81. The zero-order chi connectivity index (χ0) is 23.1. The first-order valence-electron chi connectivity index (χ1n) is 7.32. The summed E-state index contributed by atoms with van der Waals surface area (Å²) in [5, 5.41) is 39.2. The van der Waals surface area contributed by atoms with Crippen molar-refractivity contribution in [3.8, 4) is 23.0 Å². The number of carbonyl (C=O) groups is 2. The molecular formula is C14H10N2O12S2. The van der Waals surface area contributed by atoms with E-state index in [2.05, 4.69) is 0 Å². The molecule has 16 heteroatoms. The highest BCUT2D eigenvalue weighted by molar-refractivity contribution is 7.89. The molecule has 30 heavy (non-hydrogen) atoms. The van der Waals surface area contributed by atoms with Crippen LogP contribution in [0.15, 0.2) is 9.79 Å². The Labute approximate surface area is 166 Å². The molecule has 10 N–H and O–H groups in total. The smallest absolute Gasteiger partial charge is 0.298 e. The van der Waals surface area contributed by atoms with Crippen LogP contribution in [0.5, 0.6) is 23.0 Å². The maximum atomic E-state index is 12.9. The van der Waals surface area contributed by atoms with Crippen molar-refractivity contribution in [2.45, 2.75) is 9.79 Å². The molecule has 0 atom stereocenters.